The lowest BCUT2D eigenvalue weighted by Crippen LogP contribution is -2.47. The molecule has 1 heterocycles. The van der Waals surface area contributed by atoms with Gasteiger partial charge in [-0.2, -0.15) is 0 Å². The van der Waals surface area contributed by atoms with Crippen molar-refractivity contribution < 1.29 is 31.5 Å². The topological polar surface area (TPSA) is 44.8 Å². The molecule has 0 aliphatic carbocycles. The van der Waals surface area contributed by atoms with Crippen LogP contribution in [0, 0.1) is 35.0 Å². The minimum absolute atomic E-state index is 0.00237. The first kappa shape index (κ1) is 27.5. The highest BCUT2D eigenvalue weighted by Gasteiger charge is 2.31. The van der Waals surface area contributed by atoms with Gasteiger partial charge in [0.15, 0.2) is 23.3 Å². The van der Waals surface area contributed by atoms with Gasteiger partial charge in [-0.05, 0) is 42.3 Å². The van der Waals surface area contributed by atoms with Gasteiger partial charge in [0.05, 0.1) is 17.3 Å². The zero-order chi connectivity index (χ0) is 27.6. The molecule has 38 heavy (non-hydrogen) atoms. The molecule has 3 aromatic rings. The zero-order valence-electron chi connectivity index (χ0n) is 20.6. The van der Waals surface area contributed by atoms with Gasteiger partial charge >= 0.3 is 0 Å². The molecule has 202 valence electrons. The highest BCUT2D eigenvalue weighted by molar-refractivity contribution is 6.33. The van der Waals surface area contributed by atoms with Crippen molar-refractivity contribution >= 4 is 34.6 Å². The Labute approximate surface area is 221 Å². The molecule has 4 rings (SSSR count). The van der Waals surface area contributed by atoms with Crippen LogP contribution < -0.4 is 19.9 Å². The van der Waals surface area contributed by atoms with Gasteiger partial charge in [0.25, 0.3) is 5.91 Å². The largest absolute Gasteiger partial charge is 0.493 e. The molecule has 0 radical (unpaired) electrons. The third-order valence-corrected chi connectivity index (χ3v) is 6.31. The van der Waals surface area contributed by atoms with Crippen molar-refractivity contribution in [1.29, 1.82) is 0 Å². The summed E-state index contributed by atoms with van der Waals surface area (Å²) in [4.78, 5) is 15.7. The van der Waals surface area contributed by atoms with E-state index in [1.807, 2.05) is 18.7 Å². The molecule has 0 spiro atoms. The molecule has 0 atom stereocenters. The Bertz CT molecular complexity index is 1320. The molecule has 5 nitrogen and oxygen atoms in total. The highest BCUT2D eigenvalue weighted by atomic mass is 35.5. The second kappa shape index (κ2) is 11.5. The number of carbonyl (C=O) groups is 1. The third-order valence-electron chi connectivity index (χ3n) is 6.01. The monoisotopic (exact) mass is 553 g/mol. The van der Waals surface area contributed by atoms with Crippen molar-refractivity contribution in [1.82, 2.24) is 0 Å². The number of nitrogens with zero attached hydrogens (tertiary/aromatic N) is 2. The number of benzene rings is 3. The van der Waals surface area contributed by atoms with Gasteiger partial charge in [-0.1, -0.05) is 31.5 Å². The first-order valence-corrected chi connectivity index (χ1v) is 12.3. The molecule has 3 aromatic carbocycles. The van der Waals surface area contributed by atoms with Crippen LogP contribution in [0.1, 0.15) is 24.2 Å². The first-order valence-electron chi connectivity index (χ1n) is 11.9. The summed E-state index contributed by atoms with van der Waals surface area (Å²) in [7, 11) is 0. The van der Waals surface area contributed by atoms with E-state index in [-0.39, 0.29) is 32.1 Å². The average molecular weight is 554 g/mol. The van der Waals surface area contributed by atoms with Gasteiger partial charge in [0, 0.05) is 37.4 Å². The predicted molar refractivity (Wildman–Crippen MR) is 137 cm³/mol. The summed E-state index contributed by atoms with van der Waals surface area (Å²) in [6.07, 6.45) is 0. The smallest absolute Gasteiger partial charge is 0.255 e. The number of rotatable bonds is 7. The van der Waals surface area contributed by atoms with E-state index in [1.54, 1.807) is 42.5 Å². The fraction of sp³-hybridized carbons (Fsp3) is 0.296. The third kappa shape index (κ3) is 5.80. The van der Waals surface area contributed by atoms with Crippen LogP contribution in [-0.4, -0.2) is 38.7 Å². The zero-order valence-corrected chi connectivity index (χ0v) is 21.4. The molecule has 0 unspecified atom stereocenters. The fourth-order valence-electron chi connectivity index (χ4n) is 4.08. The number of hydrogen-bond acceptors (Lipinski definition) is 4. The Balaban J connectivity index is 1.41. The summed E-state index contributed by atoms with van der Waals surface area (Å²) >= 11 is 6.46. The Kier molecular flexibility index (Phi) is 8.30. The summed E-state index contributed by atoms with van der Waals surface area (Å²) in [6.45, 7) is 5.01. The Morgan fingerprint density at radius 2 is 1.50 bits per heavy atom. The standard InChI is InChI=1S/C27H25ClF5N3O2/c1-15(2)14-38-18-5-3-4-16(12-18)27(37)34-17-6-7-20(19(28)13-17)35-8-10-36(11-9-35)26-24(32)22(30)21(29)23(31)25(26)33/h3-7,12-13,15H,8-11,14H2,1-2H3,(H,34,37). The van der Waals surface area contributed by atoms with E-state index in [4.69, 9.17) is 16.3 Å². The van der Waals surface area contributed by atoms with Crippen molar-refractivity contribution in [3.8, 4) is 5.75 Å². The van der Waals surface area contributed by atoms with E-state index in [0.29, 0.717) is 40.2 Å². The molecule has 1 saturated heterocycles. The van der Waals surface area contributed by atoms with Gasteiger partial charge in [-0.3, -0.25) is 4.79 Å². The Hall–Kier alpha value is -3.53. The second-order valence-electron chi connectivity index (χ2n) is 9.25. The lowest BCUT2D eigenvalue weighted by atomic mass is 10.1. The number of piperazine rings is 1. The van der Waals surface area contributed by atoms with Crippen LogP contribution >= 0.6 is 11.6 Å². The number of nitrogens with one attached hydrogen (secondary N) is 1. The molecule has 0 saturated carbocycles. The van der Waals surface area contributed by atoms with E-state index < -0.39 is 34.8 Å². The number of amides is 1. The van der Waals surface area contributed by atoms with E-state index in [0.717, 1.165) is 4.90 Å². The van der Waals surface area contributed by atoms with Crippen LogP contribution in [-0.2, 0) is 0 Å². The molecule has 1 fully saturated rings. The maximum Gasteiger partial charge on any atom is 0.255 e. The van der Waals surface area contributed by atoms with Crippen molar-refractivity contribution in [2.45, 2.75) is 13.8 Å². The maximum atomic E-state index is 14.2. The number of carbonyl (C=O) groups excluding carboxylic acids is 1. The summed E-state index contributed by atoms with van der Waals surface area (Å²) in [5.74, 6) is -9.27. The van der Waals surface area contributed by atoms with Gasteiger partial charge in [-0.25, -0.2) is 22.0 Å². The van der Waals surface area contributed by atoms with Gasteiger partial charge < -0.3 is 19.9 Å². The van der Waals surface area contributed by atoms with Crippen molar-refractivity contribution in [3.63, 3.8) is 0 Å². The fourth-order valence-corrected chi connectivity index (χ4v) is 4.38. The Morgan fingerprint density at radius 1 is 0.895 bits per heavy atom. The average Bonchev–Trinajstić information content (AvgIpc) is 2.90. The van der Waals surface area contributed by atoms with Gasteiger partial charge in [0.1, 0.15) is 11.4 Å². The number of hydrogen-bond donors (Lipinski definition) is 1. The van der Waals surface area contributed by atoms with Gasteiger partial charge in [-0.15, -0.1) is 0 Å². The van der Waals surface area contributed by atoms with Crippen LogP contribution in [0.2, 0.25) is 5.02 Å². The lowest BCUT2D eigenvalue weighted by Gasteiger charge is -2.38. The second-order valence-corrected chi connectivity index (χ2v) is 9.65. The normalized spacial score (nSPS) is 13.7. The molecule has 0 aromatic heterocycles. The number of ether oxygens (including phenoxy) is 1. The molecular formula is C27H25ClF5N3O2. The SMILES string of the molecule is CC(C)COc1cccc(C(=O)Nc2ccc(N3CCN(c4c(F)c(F)c(F)c(F)c4F)CC3)c(Cl)c2)c1. The van der Waals surface area contributed by atoms with Crippen LogP contribution in [0.15, 0.2) is 42.5 Å². The first-order chi connectivity index (χ1) is 18.1. The van der Waals surface area contributed by atoms with Crippen LogP contribution in [0.25, 0.3) is 0 Å². The van der Waals surface area contributed by atoms with Gasteiger partial charge in [0.2, 0.25) is 5.82 Å². The Morgan fingerprint density at radius 3 is 2.11 bits per heavy atom. The molecule has 1 aliphatic rings. The predicted octanol–water partition coefficient (Wildman–Crippen LogP) is 6.65. The lowest BCUT2D eigenvalue weighted by molar-refractivity contribution is 0.102. The maximum absolute atomic E-state index is 14.2. The van der Waals surface area contributed by atoms with Crippen molar-refractivity contribution in [2.24, 2.45) is 5.92 Å². The van der Waals surface area contributed by atoms with E-state index in [1.165, 1.54) is 0 Å². The van der Waals surface area contributed by atoms with Crippen LogP contribution in [0.4, 0.5) is 39.0 Å². The van der Waals surface area contributed by atoms with Crippen LogP contribution in [0.3, 0.4) is 0 Å². The quantitative estimate of drug-likeness (QED) is 0.202. The van der Waals surface area contributed by atoms with Crippen molar-refractivity contribution in [3.05, 3.63) is 82.1 Å². The molecular weight excluding hydrogens is 529 g/mol. The summed E-state index contributed by atoms with van der Waals surface area (Å²) < 4.78 is 74.7. The molecule has 0 bridgehead atoms. The van der Waals surface area contributed by atoms with Crippen molar-refractivity contribution in [2.75, 3.05) is 47.9 Å². The molecule has 1 aliphatic heterocycles. The minimum atomic E-state index is -2.19. The molecule has 11 heteroatoms. The number of halogens is 6. The summed E-state index contributed by atoms with van der Waals surface area (Å²) in [5.41, 5.74) is 0.530. The van der Waals surface area contributed by atoms with E-state index in [2.05, 4.69) is 5.32 Å². The van der Waals surface area contributed by atoms with Crippen LogP contribution in [0.5, 0.6) is 5.75 Å². The summed E-state index contributed by atoms with van der Waals surface area (Å²) in [5, 5.41) is 3.11. The minimum Gasteiger partial charge on any atom is -0.493 e. The highest BCUT2D eigenvalue weighted by Crippen LogP contribution is 2.33. The molecule has 1 N–H and O–H groups in total. The summed E-state index contributed by atoms with van der Waals surface area (Å²) in [6, 6.07) is 11.7. The molecule has 1 amide bonds. The number of anilines is 3. The van der Waals surface area contributed by atoms with E-state index in [9.17, 15) is 26.7 Å². The van der Waals surface area contributed by atoms with E-state index >= 15 is 0 Å².